The maximum Gasteiger partial charge on any atom is 0.417 e. The van der Waals surface area contributed by atoms with Gasteiger partial charge in [0.2, 0.25) is 0 Å². The number of benzene rings is 2. The van der Waals surface area contributed by atoms with E-state index in [-0.39, 0.29) is 17.0 Å². The predicted molar refractivity (Wildman–Crippen MR) is 75.4 cm³/mol. The van der Waals surface area contributed by atoms with Gasteiger partial charge in [0.1, 0.15) is 5.82 Å². The summed E-state index contributed by atoms with van der Waals surface area (Å²) in [6, 6.07) is 9.01. The van der Waals surface area contributed by atoms with E-state index in [9.17, 15) is 17.6 Å². The van der Waals surface area contributed by atoms with E-state index in [2.05, 4.69) is 5.16 Å². The lowest BCUT2D eigenvalue weighted by molar-refractivity contribution is -0.137. The number of nitrogens with zero attached hydrogens (tertiary/aromatic N) is 1. The lowest BCUT2D eigenvalue weighted by atomic mass is 10.0. The minimum atomic E-state index is -4.48. The zero-order valence-electron chi connectivity index (χ0n) is 11.9. The van der Waals surface area contributed by atoms with E-state index in [0.717, 1.165) is 6.07 Å². The molecule has 0 spiro atoms. The average Bonchev–Trinajstić information content (AvgIpc) is 2.45. The zero-order valence-corrected chi connectivity index (χ0v) is 11.9. The van der Waals surface area contributed by atoms with Gasteiger partial charge in [0.25, 0.3) is 0 Å². The number of hydrogen-bond donors (Lipinski definition) is 0. The molecule has 0 fully saturated rings. The Kier molecular flexibility index (Phi) is 4.49. The molecule has 0 heterocycles. The molecule has 0 aromatic heterocycles. The van der Waals surface area contributed by atoms with Gasteiger partial charge in [0.15, 0.2) is 5.75 Å². The number of hydrogen-bond acceptors (Lipinski definition) is 2. The van der Waals surface area contributed by atoms with Crippen molar-refractivity contribution in [3.05, 3.63) is 65.0 Å². The van der Waals surface area contributed by atoms with Gasteiger partial charge in [0.05, 0.1) is 11.3 Å². The molecule has 0 aliphatic rings. The summed E-state index contributed by atoms with van der Waals surface area (Å²) in [5, 5.41) is 3.69. The first-order valence-electron chi connectivity index (χ1n) is 6.43. The molecule has 0 radical (unpaired) electrons. The van der Waals surface area contributed by atoms with E-state index in [1.807, 2.05) is 0 Å². The molecule has 2 aromatic rings. The smallest absolute Gasteiger partial charge is 0.357 e. The second kappa shape index (κ2) is 6.17. The van der Waals surface area contributed by atoms with Crippen LogP contribution in [0.3, 0.4) is 0 Å². The van der Waals surface area contributed by atoms with E-state index < -0.39 is 17.6 Å². The van der Waals surface area contributed by atoms with Crippen LogP contribution >= 0.6 is 0 Å². The highest BCUT2D eigenvalue weighted by atomic mass is 19.4. The van der Waals surface area contributed by atoms with Crippen molar-refractivity contribution in [1.29, 1.82) is 0 Å². The molecular formula is C16H13F4NO. The number of rotatable bonds is 3. The van der Waals surface area contributed by atoms with Gasteiger partial charge in [0, 0.05) is 5.56 Å². The van der Waals surface area contributed by atoms with Crippen molar-refractivity contribution in [3.8, 4) is 5.75 Å². The molecule has 0 saturated carbocycles. The van der Waals surface area contributed by atoms with Crippen molar-refractivity contribution in [1.82, 2.24) is 0 Å². The number of aryl methyl sites for hydroxylation is 1. The molecule has 2 nitrogen and oxygen atoms in total. The van der Waals surface area contributed by atoms with E-state index in [4.69, 9.17) is 4.84 Å². The predicted octanol–water partition coefficient (Wildman–Crippen LogP) is 4.96. The maximum atomic E-state index is 13.1. The normalized spacial score (nSPS) is 12.4. The third kappa shape index (κ3) is 3.84. The van der Waals surface area contributed by atoms with Crippen LogP contribution in [0.2, 0.25) is 0 Å². The van der Waals surface area contributed by atoms with Gasteiger partial charge in [-0.05, 0) is 44.2 Å². The molecule has 6 heteroatoms. The number of oxime groups is 1. The molecule has 0 aliphatic carbocycles. The second-order valence-corrected chi connectivity index (χ2v) is 4.77. The molecule has 22 heavy (non-hydrogen) atoms. The van der Waals surface area contributed by atoms with Crippen LogP contribution in [0.4, 0.5) is 17.6 Å². The standard InChI is InChI=1S/C16H13F4NO/c1-10-3-8-14(15(9-10)16(18,19)20)11(2)21-22-13-6-4-12(17)5-7-13/h3-9H,1-2H3/b21-11-. The van der Waals surface area contributed by atoms with Crippen LogP contribution in [0, 0.1) is 12.7 Å². The van der Waals surface area contributed by atoms with Crippen LogP contribution in [-0.2, 0) is 6.18 Å². The second-order valence-electron chi connectivity index (χ2n) is 4.77. The van der Waals surface area contributed by atoms with Crippen molar-refractivity contribution in [3.63, 3.8) is 0 Å². The van der Waals surface area contributed by atoms with Gasteiger partial charge < -0.3 is 4.84 Å². The summed E-state index contributed by atoms with van der Waals surface area (Å²) in [6.07, 6.45) is -4.48. The van der Waals surface area contributed by atoms with E-state index >= 15 is 0 Å². The van der Waals surface area contributed by atoms with Crippen molar-refractivity contribution in [2.45, 2.75) is 20.0 Å². The third-order valence-electron chi connectivity index (χ3n) is 2.97. The van der Waals surface area contributed by atoms with Crippen LogP contribution in [0.5, 0.6) is 5.75 Å². The molecule has 0 bridgehead atoms. The van der Waals surface area contributed by atoms with Crippen LogP contribution in [0.1, 0.15) is 23.6 Å². The summed E-state index contributed by atoms with van der Waals surface area (Å²) < 4.78 is 51.9. The highest BCUT2D eigenvalue weighted by Gasteiger charge is 2.34. The molecule has 2 aromatic carbocycles. The van der Waals surface area contributed by atoms with Crippen molar-refractivity contribution >= 4 is 5.71 Å². The van der Waals surface area contributed by atoms with E-state index in [1.54, 1.807) is 13.0 Å². The first-order chi connectivity index (χ1) is 10.3. The Morgan fingerprint density at radius 2 is 1.68 bits per heavy atom. The third-order valence-corrected chi connectivity index (χ3v) is 2.97. The zero-order chi connectivity index (χ0) is 16.3. The topological polar surface area (TPSA) is 21.6 Å². The van der Waals surface area contributed by atoms with Gasteiger partial charge in [-0.1, -0.05) is 22.9 Å². The number of alkyl halides is 3. The first kappa shape index (κ1) is 16.0. The van der Waals surface area contributed by atoms with Gasteiger partial charge in [-0.15, -0.1) is 0 Å². The maximum absolute atomic E-state index is 13.1. The monoisotopic (exact) mass is 311 g/mol. The van der Waals surface area contributed by atoms with Crippen molar-refractivity contribution in [2.75, 3.05) is 0 Å². The van der Waals surface area contributed by atoms with Crippen LogP contribution in [0.25, 0.3) is 0 Å². The SMILES string of the molecule is C/C(=N/Oc1ccc(F)cc1)c1ccc(C)cc1C(F)(F)F. The molecular weight excluding hydrogens is 298 g/mol. The molecule has 0 atom stereocenters. The Morgan fingerprint density at radius 3 is 2.27 bits per heavy atom. The van der Waals surface area contributed by atoms with Gasteiger partial charge in [-0.25, -0.2) is 4.39 Å². The average molecular weight is 311 g/mol. The molecule has 0 unspecified atom stereocenters. The van der Waals surface area contributed by atoms with Gasteiger partial charge in [-0.3, -0.25) is 0 Å². The van der Waals surface area contributed by atoms with E-state index in [0.29, 0.717) is 5.56 Å². The lowest BCUT2D eigenvalue weighted by Gasteiger charge is -2.13. The van der Waals surface area contributed by atoms with Crippen LogP contribution in [-0.4, -0.2) is 5.71 Å². The largest absolute Gasteiger partial charge is 0.417 e. The molecule has 0 amide bonds. The summed E-state index contributed by atoms with van der Waals surface area (Å²) in [6.45, 7) is 3.00. The lowest BCUT2D eigenvalue weighted by Crippen LogP contribution is -2.13. The molecule has 0 saturated heterocycles. The van der Waals surface area contributed by atoms with Crippen LogP contribution in [0.15, 0.2) is 47.6 Å². The summed E-state index contributed by atoms with van der Waals surface area (Å²) in [5.41, 5.74) is -0.239. The molecule has 0 N–H and O–H groups in total. The quantitative estimate of drug-likeness (QED) is 0.446. The Morgan fingerprint density at radius 1 is 1.05 bits per heavy atom. The number of halogens is 4. The van der Waals surface area contributed by atoms with Gasteiger partial charge in [-0.2, -0.15) is 13.2 Å². The fourth-order valence-corrected chi connectivity index (χ4v) is 1.87. The minimum absolute atomic E-state index is 0.0554. The molecule has 116 valence electrons. The van der Waals surface area contributed by atoms with Crippen molar-refractivity contribution in [2.24, 2.45) is 5.16 Å². The summed E-state index contributed by atoms with van der Waals surface area (Å²) in [4.78, 5) is 5.03. The van der Waals surface area contributed by atoms with Gasteiger partial charge >= 0.3 is 6.18 Å². The molecule has 2 rings (SSSR count). The molecule has 0 aliphatic heterocycles. The summed E-state index contributed by atoms with van der Waals surface area (Å²) in [7, 11) is 0. The Balaban J connectivity index is 2.30. The van der Waals surface area contributed by atoms with Crippen LogP contribution < -0.4 is 4.84 Å². The van der Waals surface area contributed by atoms with Crippen molar-refractivity contribution < 1.29 is 22.4 Å². The highest BCUT2D eigenvalue weighted by Crippen LogP contribution is 2.33. The Bertz CT molecular complexity index is 690. The first-order valence-corrected chi connectivity index (χ1v) is 6.43. The van der Waals surface area contributed by atoms with E-state index in [1.165, 1.54) is 37.3 Å². The Hall–Kier alpha value is -2.37. The highest BCUT2D eigenvalue weighted by molar-refractivity contribution is 6.00. The Labute approximate surface area is 125 Å². The summed E-state index contributed by atoms with van der Waals surface area (Å²) in [5.74, 6) is -0.202. The fourth-order valence-electron chi connectivity index (χ4n) is 1.87. The minimum Gasteiger partial charge on any atom is -0.357 e. The fraction of sp³-hybridized carbons (Fsp3) is 0.188. The summed E-state index contributed by atoms with van der Waals surface area (Å²) >= 11 is 0.